The van der Waals surface area contributed by atoms with Crippen LogP contribution < -0.4 is 0 Å². The lowest BCUT2D eigenvalue weighted by atomic mass is 10.0. The van der Waals surface area contributed by atoms with Gasteiger partial charge in [-0.3, -0.25) is 0 Å². The van der Waals surface area contributed by atoms with Crippen LogP contribution in [-0.2, 0) is 0 Å². The predicted molar refractivity (Wildman–Crippen MR) is 50.5 cm³/mol. The van der Waals surface area contributed by atoms with E-state index >= 15 is 0 Å². The van der Waals surface area contributed by atoms with Gasteiger partial charge in [-0.25, -0.2) is 8.78 Å². The molecule has 72 valence electrons. The molecule has 1 fully saturated rings. The molecule has 2 atom stereocenters. The lowest BCUT2D eigenvalue weighted by Crippen LogP contribution is -1.92. The quantitative estimate of drug-likeness (QED) is 0.639. The van der Waals surface area contributed by atoms with Crippen molar-refractivity contribution in [2.45, 2.75) is 12.8 Å². The van der Waals surface area contributed by atoms with E-state index in [-0.39, 0.29) is 0 Å². The van der Waals surface area contributed by atoms with Gasteiger partial charge >= 0.3 is 0 Å². The summed E-state index contributed by atoms with van der Waals surface area (Å²) in [7, 11) is 0. The first-order chi connectivity index (χ1) is 6.75. The Hall–Kier alpha value is -1.18. The van der Waals surface area contributed by atoms with Crippen molar-refractivity contribution >= 4 is 5.57 Å². The fourth-order valence-corrected chi connectivity index (χ4v) is 2.27. The van der Waals surface area contributed by atoms with Gasteiger partial charge in [0, 0.05) is 5.56 Å². The van der Waals surface area contributed by atoms with Gasteiger partial charge in [-0.05, 0) is 36.3 Å². The van der Waals surface area contributed by atoms with Crippen molar-refractivity contribution in [2.75, 3.05) is 0 Å². The Morgan fingerprint density at radius 2 is 2.07 bits per heavy atom. The molecule has 0 spiro atoms. The summed E-state index contributed by atoms with van der Waals surface area (Å²) in [5.74, 6) is -0.0793. The number of hydrogen-bond donors (Lipinski definition) is 0. The highest BCUT2D eigenvalue weighted by molar-refractivity contribution is 5.70. The average molecular weight is 192 g/mol. The second-order valence-electron chi connectivity index (χ2n) is 4.16. The van der Waals surface area contributed by atoms with Gasteiger partial charge in [0.05, 0.1) is 0 Å². The molecule has 1 aromatic carbocycles. The highest BCUT2D eigenvalue weighted by Gasteiger charge is 2.41. The maximum Gasteiger partial charge on any atom is 0.166 e. The molecular weight excluding hydrogens is 182 g/mol. The SMILES string of the molecule is Fc1cccc(C2=C[C@@H]3C[C@@H]3C2)c1F. The van der Waals surface area contributed by atoms with Crippen LogP contribution in [0.15, 0.2) is 24.3 Å². The number of fused-ring (bicyclic) bond motifs is 1. The minimum absolute atomic E-state index is 0.456. The van der Waals surface area contributed by atoms with Crippen molar-refractivity contribution in [3.8, 4) is 0 Å². The number of rotatable bonds is 1. The Kier molecular flexibility index (Phi) is 1.55. The fraction of sp³-hybridized carbons (Fsp3) is 0.333. The van der Waals surface area contributed by atoms with Gasteiger partial charge in [0.2, 0.25) is 0 Å². The zero-order chi connectivity index (χ0) is 9.71. The Labute approximate surface area is 81.3 Å². The second kappa shape index (κ2) is 2.66. The van der Waals surface area contributed by atoms with E-state index in [4.69, 9.17) is 0 Å². The number of halogens is 2. The van der Waals surface area contributed by atoms with Gasteiger partial charge in [-0.2, -0.15) is 0 Å². The molecule has 0 aromatic heterocycles. The van der Waals surface area contributed by atoms with Crippen molar-refractivity contribution in [1.29, 1.82) is 0 Å². The lowest BCUT2D eigenvalue weighted by molar-refractivity contribution is 0.506. The number of benzene rings is 1. The second-order valence-corrected chi connectivity index (χ2v) is 4.16. The lowest BCUT2D eigenvalue weighted by Gasteiger charge is -2.05. The Morgan fingerprint density at radius 3 is 2.79 bits per heavy atom. The van der Waals surface area contributed by atoms with E-state index in [0.29, 0.717) is 17.4 Å². The van der Waals surface area contributed by atoms with Gasteiger partial charge in [-0.1, -0.05) is 18.2 Å². The molecule has 14 heavy (non-hydrogen) atoms. The summed E-state index contributed by atoms with van der Waals surface area (Å²) in [6.07, 6.45) is 4.26. The first kappa shape index (κ1) is 8.16. The van der Waals surface area contributed by atoms with Crippen LogP contribution in [0, 0.1) is 23.5 Å². The summed E-state index contributed by atoms with van der Waals surface area (Å²) in [4.78, 5) is 0. The minimum Gasteiger partial charge on any atom is -0.204 e. The third-order valence-electron chi connectivity index (χ3n) is 3.17. The van der Waals surface area contributed by atoms with Gasteiger partial charge in [0.1, 0.15) is 0 Å². The van der Waals surface area contributed by atoms with Crippen LogP contribution in [0.4, 0.5) is 8.78 Å². The molecule has 2 aliphatic rings. The van der Waals surface area contributed by atoms with Crippen molar-refractivity contribution in [2.24, 2.45) is 11.8 Å². The molecule has 1 saturated carbocycles. The molecule has 0 bridgehead atoms. The van der Waals surface area contributed by atoms with E-state index in [0.717, 1.165) is 18.1 Å². The van der Waals surface area contributed by atoms with Gasteiger partial charge < -0.3 is 0 Å². The Morgan fingerprint density at radius 1 is 1.21 bits per heavy atom. The predicted octanol–water partition coefficient (Wildman–Crippen LogP) is 3.39. The molecule has 2 heteroatoms. The molecular formula is C12H10F2. The monoisotopic (exact) mass is 192 g/mol. The first-order valence-electron chi connectivity index (χ1n) is 4.91. The third kappa shape index (κ3) is 1.10. The largest absolute Gasteiger partial charge is 0.204 e. The topological polar surface area (TPSA) is 0 Å². The van der Waals surface area contributed by atoms with Crippen LogP contribution in [0.5, 0.6) is 0 Å². The minimum atomic E-state index is -0.746. The van der Waals surface area contributed by atoms with E-state index < -0.39 is 11.6 Å². The van der Waals surface area contributed by atoms with Crippen LogP contribution in [0.25, 0.3) is 5.57 Å². The first-order valence-corrected chi connectivity index (χ1v) is 4.91. The highest BCUT2D eigenvalue weighted by Crippen LogP contribution is 2.53. The molecule has 0 heterocycles. The van der Waals surface area contributed by atoms with E-state index in [1.807, 2.05) is 0 Å². The molecule has 0 amide bonds. The smallest absolute Gasteiger partial charge is 0.166 e. The number of allylic oxidation sites excluding steroid dienone is 2. The average Bonchev–Trinajstić information content (AvgIpc) is 2.78. The summed E-state index contributed by atoms with van der Waals surface area (Å²) in [6.45, 7) is 0. The molecule has 0 nitrogen and oxygen atoms in total. The van der Waals surface area contributed by atoms with Crippen molar-refractivity contribution in [3.05, 3.63) is 41.5 Å². The molecule has 0 aliphatic heterocycles. The third-order valence-corrected chi connectivity index (χ3v) is 3.17. The molecule has 0 unspecified atom stereocenters. The maximum atomic E-state index is 13.4. The molecule has 0 saturated heterocycles. The summed E-state index contributed by atoms with van der Waals surface area (Å²) >= 11 is 0. The summed E-state index contributed by atoms with van der Waals surface area (Å²) in [5, 5.41) is 0. The van der Waals surface area contributed by atoms with E-state index in [9.17, 15) is 8.78 Å². The van der Waals surface area contributed by atoms with E-state index in [1.54, 1.807) is 12.1 Å². The van der Waals surface area contributed by atoms with E-state index in [2.05, 4.69) is 6.08 Å². The summed E-state index contributed by atoms with van der Waals surface area (Å²) in [5.41, 5.74) is 1.44. The highest BCUT2D eigenvalue weighted by atomic mass is 19.2. The standard InChI is InChI=1S/C12H10F2/c13-11-3-1-2-10(12(11)14)9-5-7-4-8(7)6-9/h1-3,5,7-8H,4,6H2/t7-,8+/m0/s1. The van der Waals surface area contributed by atoms with E-state index in [1.165, 1.54) is 6.42 Å². The van der Waals surface area contributed by atoms with Gasteiger partial charge in [0.15, 0.2) is 11.6 Å². The maximum absolute atomic E-state index is 13.4. The van der Waals surface area contributed by atoms with Crippen LogP contribution in [0.3, 0.4) is 0 Å². The van der Waals surface area contributed by atoms with Crippen LogP contribution in [-0.4, -0.2) is 0 Å². The zero-order valence-corrected chi connectivity index (χ0v) is 7.63. The van der Waals surface area contributed by atoms with Crippen molar-refractivity contribution < 1.29 is 8.78 Å². The summed E-state index contributed by atoms with van der Waals surface area (Å²) in [6, 6.07) is 4.39. The van der Waals surface area contributed by atoms with Crippen LogP contribution >= 0.6 is 0 Å². The van der Waals surface area contributed by atoms with Crippen LogP contribution in [0.2, 0.25) is 0 Å². The van der Waals surface area contributed by atoms with Gasteiger partial charge in [0.25, 0.3) is 0 Å². The van der Waals surface area contributed by atoms with Crippen molar-refractivity contribution in [1.82, 2.24) is 0 Å². The molecule has 0 radical (unpaired) electrons. The van der Waals surface area contributed by atoms with Gasteiger partial charge in [-0.15, -0.1) is 0 Å². The normalized spacial score (nSPS) is 28.6. The Balaban J connectivity index is 2.04. The fourth-order valence-electron chi connectivity index (χ4n) is 2.27. The molecule has 0 N–H and O–H groups in total. The molecule has 2 aliphatic carbocycles. The molecule has 1 aromatic rings. The zero-order valence-electron chi connectivity index (χ0n) is 7.63. The van der Waals surface area contributed by atoms with Crippen molar-refractivity contribution in [3.63, 3.8) is 0 Å². The summed E-state index contributed by atoms with van der Waals surface area (Å²) < 4.78 is 26.3. The number of hydrogen-bond acceptors (Lipinski definition) is 0. The molecule has 3 rings (SSSR count). The Bertz CT molecular complexity index is 420. The van der Waals surface area contributed by atoms with Crippen LogP contribution in [0.1, 0.15) is 18.4 Å².